The molecule has 4 rings (SSSR count). The van der Waals surface area contributed by atoms with E-state index < -0.39 is 0 Å². The van der Waals surface area contributed by atoms with E-state index in [-0.39, 0.29) is 18.0 Å². The Hall–Kier alpha value is -1.72. The number of esters is 1. The summed E-state index contributed by atoms with van der Waals surface area (Å²) in [4.78, 5) is 11.5. The molecule has 0 saturated carbocycles. The van der Waals surface area contributed by atoms with Gasteiger partial charge in [0.1, 0.15) is 17.6 Å². The predicted octanol–water partition coefficient (Wildman–Crippen LogP) is 5.21. The van der Waals surface area contributed by atoms with Crippen molar-refractivity contribution in [3.63, 3.8) is 0 Å². The van der Waals surface area contributed by atoms with Crippen LogP contribution in [0.3, 0.4) is 0 Å². The van der Waals surface area contributed by atoms with Crippen molar-refractivity contribution in [3.05, 3.63) is 56.5 Å². The topological polar surface area (TPSA) is 44.8 Å². The Morgan fingerprint density at radius 2 is 2.12 bits per heavy atom. The molecule has 0 N–H and O–H groups in total. The third-order valence-electron chi connectivity index (χ3n) is 5.02. The molecule has 0 amide bonds. The molecule has 2 aromatic carbocycles. The van der Waals surface area contributed by atoms with E-state index in [4.69, 9.17) is 25.8 Å². The average molecular weight is 438 g/mol. The number of carbonyl (C=O) groups excluding carboxylic acids is 1. The summed E-state index contributed by atoms with van der Waals surface area (Å²) in [6.45, 7) is 0.492. The van der Waals surface area contributed by atoms with Crippen molar-refractivity contribution in [2.45, 2.75) is 31.3 Å². The van der Waals surface area contributed by atoms with Gasteiger partial charge in [-0.05, 0) is 52.0 Å². The predicted molar refractivity (Wildman–Crippen MR) is 102 cm³/mol. The Kier molecular flexibility index (Phi) is 4.84. The van der Waals surface area contributed by atoms with Gasteiger partial charge in [-0.15, -0.1) is 0 Å². The van der Waals surface area contributed by atoms with Crippen molar-refractivity contribution in [2.75, 3.05) is 13.7 Å². The molecule has 6 heteroatoms. The number of fused-ring (bicyclic) bond motifs is 2. The van der Waals surface area contributed by atoms with Gasteiger partial charge < -0.3 is 14.2 Å². The molecule has 0 spiro atoms. The van der Waals surface area contributed by atoms with Gasteiger partial charge in [0.25, 0.3) is 0 Å². The van der Waals surface area contributed by atoms with Crippen LogP contribution in [-0.2, 0) is 16.0 Å². The number of carbonyl (C=O) groups is 1. The summed E-state index contributed by atoms with van der Waals surface area (Å²) in [6.07, 6.45) is 2.18. The minimum absolute atomic E-state index is 0.00360. The first kappa shape index (κ1) is 17.7. The molecular weight excluding hydrogens is 420 g/mol. The normalized spacial score (nSPS) is 20.3. The van der Waals surface area contributed by atoms with E-state index in [9.17, 15) is 4.79 Å². The van der Waals surface area contributed by atoms with Gasteiger partial charge in [0.05, 0.1) is 25.2 Å². The van der Waals surface area contributed by atoms with Crippen LogP contribution in [0.15, 0.2) is 34.8 Å². The first-order chi connectivity index (χ1) is 12.6. The molecule has 2 atom stereocenters. The highest BCUT2D eigenvalue weighted by Gasteiger charge is 2.29. The lowest BCUT2D eigenvalue weighted by molar-refractivity contribution is -0.141. The van der Waals surface area contributed by atoms with Crippen LogP contribution < -0.4 is 9.47 Å². The lowest BCUT2D eigenvalue weighted by Gasteiger charge is -2.16. The van der Waals surface area contributed by atoms with E-state index in [1.165, 1.54) is 18.2 Å². The minimum atomic E-state index is -0.224. The van der Waals surface area contributed by atoms with Crippen LogP contribution >= 0.6 is 27.5 Å². The first-order valence-corrected chi connectivity index (χ1v) is 9.71. The minimum Gasteiger partial charge on any atom is -0.492 e. The highest BCUT2D eigenvalue weighted by atomic mass is 79.9. The molecule has 0 radical (unpaired) electrons. The van der Waals surface area contributed by atoms with Crippen molar-refractivity contribution >= 4 is 33.5 Å². The number of halogens is 2. The second kappa shape index (κ2) is 7.12. The second-order valence-electron chi connectivity index (χ2n) is 6.56. The smallest absolute Gasteiger partial charge is 0.306 e. The third-order valence-corrected chi connectivity index (χ3v) is 6.47. The standard InChI is InChI=1S/C20H18BrClO4/c1-24-19(23)8-11-10-25-18-9-12(2-3-13(11)18)26-17-7-5-15-14(17)4-6-16(22)20(15)21/h2-4,6,9,11,17H,5,7-8,10H2,1H3/t11-,17-/m1/s1. The highest BCUT2D eigenvalue weighted by molar-refractivity contribution is 9.10. The van der Waals surface area contributed by atoms with Gasteiger partial charge in [-0.25, -0.2) is 0 Å². The molecule has 2 aromatic rings. The molecule has 0 aromatic heterocycles. The van der Waals surface area contributed by atoms with E-state index >= 15 is 0 Å². The fraction of sp³-hybridized carbons (Fsp3) is 0.350. The first-order valence-electron chi connectivity index (χ1n) is 8.54. The molecular formula is C20H18BrClO4. The van der Waals surface area contributed by atoms with Gasteiger partial charge in [-0.3, -0.25) is 4.79 Å². The zero-order valence-electron chi connectivity index (χ0n) is 14.3. The Balaban J connectivity index is 1.52. The van der Waals surface area contributed by atoms with Gasteiger partial charge in [0.15, 0.2) is 0 Å². The van der Waals surface area contributed by atoms with Gasteiger partial charge in [0, 0.05) is 22.0 Å². The number of hydrogen-bond acceptors (Lipinski definition) is 4. The average Bonchev–Trinajstić information content (AvgIpc) is 3.23. The Bertz CT molecular complexity index is 867. The molecule has 1 aliphatic carbocycles. The van der Waals surface area contributed by atoms with Gasteiger partial charge in [-0.2, -0.15) is 0 Å². The van der Waals surface area contributed by atoms with Crippen LogP contribution in [0.25, 0.3) is 0 Å². The number of rotatable bonds is 4. The van der Waals surface area contributed by atoms with E-state index in [1.54, 1.807) is 0 Å². The second-order valence-corrected chi connectivity index (χ2v) is 7.76. The number of ether oxygens (including phenoxy) is 3. The van der Waals surface area contributed by atoms with E-state index in [0.29, 0.717) is 13.0 Å². The van der Waals surface area contributed by atoms with Crippen LogP contribution in [-0.4, -0.2) is 19.7 Å². The lowest BCUT2D eigenvalue weighted by Crippen LogP contribution is -2.09. The Morgan fingerprint density at radius 1 is 1.31 bits per heavy atom. The van der Waals surface area contributed by atoms with E-state index in [1.807, 2.05) is 30.3 Å². The number of benzene rings is 2. The molecule has 0 bridgehead atoms. The van der Waals surface area contributed by atoms with Crippen LogP contribution in [0.1, 0.15) is 41.6 Å². The monoisotopic (exact) mass is 436 g/mol. The molecule has 136 valence electrons. The molecule has 26 heavy (non-hydrogen) atoms. The molecule has 4 nitrogen and oxygen atoms in total. The molecule has 0 saturated heterocycles. The molecule has 2 aliphatic rings. The van der Waals surface area contributed by atoms with Gasteiger partial charge in [-0.1, -0.05) is 23.7 Å². The zero-order valence-corrected chi connectivity index (χ0v) is 16.6. The molecule has 1 heterocycles. The fourth-order valence-corrected chi connectivity index (χ4v) is 4.40. The summed E-state index contributed by atoms with van der Waals surface area (Å²) in [5, 5.41) is 0.729. The van der Waals surface area contributed by atoms with Crippen molar-refractivity contribution in [2.24, 2.45) is 0 Å². The summed E-state index contributed by atoms with van der Waals surface area (Å²) < 4.78 is 17.7. The molecule has 0 unspecified atom stereocenters. The van der Waals surface area contributed by atoms with Crippen molar-refractivity contribution < 1.29 is 19.0 Å². The van der Waals surface area contributed by atoms with E-state index in [0.717, 1.165) is 39.4 Å². The largest absolute Gasteiger partial charge is 0.492 e. The number of hydrogen-bond donors (Lipinski definition) is 0. The third kappa shape index (κ3) is 3.19. The highest BCUT2D eigenvalue weighted by Crippen LogP contribution is 2.43. The van der Waals surface area contributed by atoms with Crippen molar-refractivity contribution in [1.29, 1.82) is 0 Å². The Labute approximate surface area is 165 Å². The van der Waals surface area contributed by atoms with Crippen LogP contribution in [0.5, 0.6) is 11.5 Å². The van der Waals surface area contributed by atoms with Crippen LogP contribution in [0, 0.1) is 0 Å². The van der Waals surface area contributed by atoms with Crippen LogP contribution in [0.4, 0.5) is 0 Å². The van der Waals surface area contributed by atoms with Crippen molar-refractivity contribution in [3.8, 4) is 11.5 Å². The SMILES string of the molecule is COC(=O)C[C@@H]1COc2cc(O[C@@H]3CCc4c3ccc(Cl)c4Br)ccc21. The number of methoxy groups -OCH3 is 1. The summed E-state index contributed by atoms with van der Waals surface area (Å²) in [5.74, 6) is 1.37. The Morgan fingerprint density at radius 3 is 2.92 bits per heavy atom. The fourth-order valence-electron chi connectivity index (χ4n) is 3.66. The van der Waals surface area contributed by atoms with Gasteiger partial charge in [0.2, 0.25) is 0 Å². The summed E-state index contributed by atoms with van der Waals surface area (Å²) in [5.41, 5.74) is 3.42. The summed E-state index contributed by atoms with van der Waals surface area (Å²) >= 11 is 9.76. The van der Waals surface area contributed by atoms with Gasteiger partial charge >= 0.3 is 5.97 Å². The summed E-state index contributed by atoms with van der Waals surface area (Å²) in [7, 11) is 1.40. The molecule has 0 fully saturated rings. The maximum absolute atomic E-state index is 11.5. The summed E-state index contributed by atoms with van der Waals surface area (Å²) in [6, 6.07) is 9.78. The van der Waals surface area contributed by atoms with E-state index in [2.05, 4.69) is 15.9 Å². The van der Waals surface area contributed by atoms with Crippen LogP contribution in [0.2, 0.25) is 5.02 Å². The zero-order chi connectivity index (χ0) is 18.3. The molecule has 1 aliphatic heterocycles. The lowest BCUT2D eigenvalue weighted by atomic mass is 9.98. The quantitative estimate of drug-likeness (QED) is 0.616. The van der Waals surface area contributed by atoms with Crippen molar-refractivity contribution in [1.82, 2.24) is 0 Å². The maximum Gasteiger partial charge on any atom is 0.306 e. The maximum atomic E-state index is 11.5.